The topological polar surface area (TPSA) is 64.8 Å². The van der Waals surface area contributed by atoms with Crippen molar-refractivity contribution in [2.75, 3.05) is 19.1 Å². The van der Waals surface area contributed by atoms with Crippen LogP contribution in [0.2, 0.25) is 0 Å². The Labute approximate surface area is 198 Å². The van der Waals surface area contributed by atoms with Crippen LogP contribution in [0.25, 0.3) is 0 Å². The lowest BCUT2D eigenvalue weighted by Crippen LogP contribution is -2.09. The summed E-state index contributed by atoms with van der Waals surface area (Å²) in [4.78, 5) is 12.5. The van der Waals surface area contributed by atoms with E-state index >= 15 is 0 Å². The standard InChI is InChI=1S/C28H22N2O4/c1-33-27-17-13-24(14-18-27)29(25-15-19-28(34-2)20-16-25)23-9-5-21(6-10-23)3-4-22-7-11-26(12-8-22)30(31)32/h5-20H,1-2H3. The predicted octanol–water partition coefficient (Wildman–Crippen LogP) is 6.48. The van der Waals surface area contributed by atoms with Gasteiger partial charge < -0.3 is 14.4 Å². The molecular formula is C28H22N2O4. The molecule has 0 aromatic heterocycles. The molecule has 6 heteroatoms. The number of nitrogens with zero attached hydrogens (tertiary/aromatic N) is 2. The van der Waals surface area contributed by atoms with Gasteiger partial charge in [0.1, 0.15) is 11.5 Å². The lowest BCUT2D eigenvalue weighted by Gasteiger charge is -2.25. The first-order chi connectivity index (χ1) is 16.6. The molecule has 168 valence electrons. The Balaban J connectivity index is 1.63. The number of nitro benzene ring substituents is 1. The number of methoxy groups -OCH3 is 2. The van der Waals surface area contributed by atoms with Gasteiger partial charge in [0, 0.05) is 40.3 Å². The number of hydrogen-bond donors (Lipinski definition) is 0. The number of non-ortho nitro benzene ring substituents is 1. The maximum atomic E-state index is 10.8. The first-order valence-electron chi connectivity index (χ1n) is 10.5. The van der Waals surface area contributed by atoms with Gasteiger partial charge in [-0.15, -0.1) is 0 Å². The van der Waals surface area contributed by atoms with Gasteiger partial charge >= 0.3 is 0 Å². The molecule has 0 atom stereocenters. The molecule has 0 bridgehead atoms. The molecule has 0 amide bonds. The largest absolute Gasteiger partial charge is 0.497 e. The molecule has 4 rings (SSSR count). The number of ether oxygens (including phenoxy) is 2. The predicted molar refractivity (Wildman–Crippen MR) is 133 cm³/mol. The maximum Gasteiger partial charge on any atom is 0.269 e. The van der Waals surface area contributed by atoms with E-state index in [-0.39, 0.29) is 5.69 Å². The lowest BCUT2D eigenvalue weighted by atomic mass is 10.1. The first kappa shape index (κ1) is 22.4. The van der Waals surface area contributed by atoms with Crippen molar-refractivity contribution in [1.82, 2.24) is 0 Å². The van der Waals surface area contributed by atoms with Gasteiger partial charge in [-0.05, 0) is 84.9 Å². The average molecular weight is 450 g/mol. The Bertz CT molecular complexity index is 1270. The van der Waals surface area contributed by atoms with Crippen molar-refractivity contribution in [3.05, 3.63) is 118 Å². The van der Waals surface area contributed by atoms with Crippen LogP contribution in [0.5, 0.6) is 11.5 Å². The highest BCUT2D eigenvalue weighted by atomic mass is 16.6. The van der Waals surface area contributed by atoms with Crippen LogP contribution in [0.3, 0.4) is 0 Å². The molecule has 4 aromatic carbocycles. The molecule has 34 heavy (non-hydrogen) atoms. The van der Waals surface area contributed by atoms with Crippen molar-refractivity contribution in [2.24, 2.45) is 0 Å². The Kier molecular flexibility index (Phi) is 6.76. The molecule has 0 fully saturated rings. The SMILES string of the molecule is COc1ccc(N(c2ccc(C#Cc3ccc([N+](=O)[O-])cc3)cc2)c2ccc(OC)cc2)cc1. The van der Waals surface area contributed by atoms with Crippen molar-refractivity contribution in [3.8, 4) is 23.3 Å². The molecule has 0 heterocycles. The number of rotatable bonds is 6. The zero-order chi connectivity index (χ0) is 23.9. The normalized spacial score (nSPS) is 10.1. The van der Waals surface area contributed by atoms with E-state index in [1.54, 1.807) is 26.4 Å². The summed E-state index contributed by atoms with van der Waals surface area (Å²) < 4.78 is 10.6. The number of anilines is 3. The van der Waals surface area contributed by atoms with E-state index in [9.17, 15) is 10.1 Å². The van der Waals surface area contributed by atoms with Crippen LogP contribution in [0.1, 0.15) is 11.1 Å². The van der Waals surface area contributed by atoms with Crippen LogP contribution in [-0.2, 0) is 0 Å². The second kappa shape index (κ2) is 10.2. The fourth-order valence-electron chi connectivity index (χ4n) is 3.41. The molecule has 6 nitrogen and oxygen atoms in total. The number of nitro groups is 1. The van der Waals surface area contributed by atoms with Crippen molar-refractivity contribution < 1.29 is 14.4 Å². The fourth-order valence-corrected chi connectivity index (χ4v) is 3.41. The summed E-state index contributed by atoms with van der Waals surface area (Å²) in [6.45, 7) is 0. The molecule has 0 aliphatic carbocycles. The van der Waals surface area contributed by atoms with E-state index in [0.29, 0.717) is 5.56 Å². The molecule has 0 N–H and O–H groups in total. The van der Waals surface area contributed by atoms with E-state index in [1.807, 2.05) is 72.8 Å². The van der Waals surface area contributed by atoms with Gasteiger partial charge in [0.25, 0.3) is 5.69 Å². The molecule has 0 radical (unpaired) electrons. The average Bonchev–Trinajstić information content (AvgIpc) is 2.89. The van der Waals surface area contributed by atoms with Crippen molar-refractivity contribution in [3.63, 3.8) is 0 Å². The third kappa shape index (κ3) is 5.17. The first-order valence-corrected chi connectivity index (χ1v) is 10.5. The molecular weight excluding hydrogens is 428 g/mol. The van der Waals surface area contributed by atoms with Crippen LogP contribution in [0, 0.1) is 22.0 Å². The maximum absolute atomic E-state index is 10.8. The van der Waals surface area contributed by atoms with Crippen molar-refractivity contribution in [1.29, 1.82) is 0 Å². The van der Waals surface area contributed by atoms with E-state index in [0.717, 1.165) is 34.1 Å². The molecule has 0 aliphatic rings. The minimum atomic E-state index is -0.423. The Morgan fingerprint density at radius 1 is 0.618 bits per heavy atom. The minimum absolute atomic E-state index is 0.0482. The van der Waals surface area contributed by atoms with E-state index < -0.39 is 4.92 Å². The smallest absolute Gasteiger partial charge is 0.269 e. The number of hydrogen-bond acceptors (Lipinski definition) is 5. The van der Waals surface area contributed by atoms with E-state index in [4.69, 9.17) is 9.47 Å². The van der Waals surface area contributed by atoms with Gasteiger partial charge in [0.15, 0.2) is 0 Å². The zero-order valence-corrected chi connectivity index (χ0v) is 18.8. The summed E-state index contributed by atoms with van der Waals surface area (Å²) in [6.07, 6.45) is 0. The highest BCUT2D eigenvalue weighted by Gasteiger charge is 2.13. The van der Waals surface area contributed by atoms with Gasteiger partial charge in [0.05, 0.1) is 19.1 Å². The van der Waals surface area contributed by atoms with Crippen LogP contribution in [0.15, 0.2) is 97.1 Å². The fraction of sp³-hybridized carbons (Fsp3) is 0.0714. The summed E-state index contributed by atoms with van der Waals surface area (Å²) >= 11 is 0. The highest BCUT2D eigenvalue weighted by Crippen LogP contribution is 2.36. The van der Waals surface area contributed by atoms with Gasteiger partial charge in [-0.25, -0.2) is 0 Å². The highest BCUT2D eigenvalue weighted by molar-refractivity contribution is 5.77. The third-order valence-corrected chi connectivity index (χ3v) is 5.22. The summed E-state index contributed by atoms with van der Waals surface area (Å²) in [5.41, 5.74) is 4.54. The number of benzene rings is 4. The molecule has 0 saturated carbocycles. The Morgan fingerprint density at radius 2 is 0.971 bits per heavy atom. The Morgan fingerprint density at radius 3 is 1.32 bits per heavy atom. The zero-order valence-electron chi connectivity index (χ0n) is 18.8. The molecule has 0 unspecified atom stereocenters. The lowest BCUT2D eigenvalue weighted by molar-refractivity contribution is -0.384. The van der Waals surface area contributed by atoms with E-state index in [2.05, 4.69) is 16.7 Å². The summed E-state index contributed by atoms with van der Waals surface area (Å²) in [5, 5.41) is 10.8. The van der Waals surface area contributed by atoms with Gasteiger partial charge in [-0.3, -0.25) is 10.1 Å². The summed E-state index contributed by atoms with van der Waals surface area (Å²) in [5.74, 6) is 7.74. The van der Waals surface area contributed by atoms with Crippen molar-refractivity contribution >= 4 is 22.7 Å². The molecule has 0 saturated heterocycles. The van der Waals surface area contributed by atoms with Gasteiger partial charge in [-0.1, -0.05) is 11.8 Å². The van der Waals surface area contributed by atoms with Crippen LogP contribution in [-0.4, -0.2) is 19.1 Å². The van der Waals surface area contributed by atoms with Gasteiger partial charge in [0.2, 0.25) is 0 Å². The van der Waals surface area contributed by atoms with Crippen LogP contribution < -0.4 is 14.4 Å². The van der Waals surface area contributed by atoms with Gasteiger partial charge in [-0.2, -0.15) is 0 Å². The second-order valence-electron chi connectivity index (χ2n) is 7.33. The minimum Gasteiger partial charge on any atom is -0.497 e. The molecule has 4 aromatic rings. The monoisotopic (exact) mass is 450 g/mol. The second-order valence-corrected chi connectivity index (χ2v) is 7.33. The molecule has 0 spiro atoms. The van der Waals surface area contributed by atoms with Crippen LogP contribution >= 0.6 is 0 Å². The van der Waals surface area contributed by atoms with Crippen LogP contribution in [0.4, 0.5) is 22.7 Å². The quantitative estimate of drug-likeness (QED) is 0.191. The summed E-state index contributed by atoms with van der Waals surface area (Å²) in [6, 6.07) is 29.8. The van der Waals surface area contributed by atoms with E-state index in [1.165, 1.54) is 12.1 Å². The Hall–Kier alpha value is -4.76. The summed E-state index contributed by atoms with van der Waals surface area (Å²) in [7, 11) is 3.29. The molecule has 0 aliphatic heterocycles. The third-order valence-electron chi connectivity index (χ3n) is 5.22. The van der Waals surface area contributed by atoms with Crippen molar-refractivity contribution in [2.45, 2.75) is 0 Å².